The highest BCUT2D eigenvalue weighted by atomic mass is 16.6. The third-order valence-electron chi connectivity index (χ3n) is 14.4. The Morgan fingerprint density at radius 3 is 0.805 bits per heavy atom. The quantitative estimate of drug-likeness (QED) is 0.0261. The molecule has 0 saturated heterocycles. The zero-order valence-electron chi connectivity index (χ0n) is 53.5. The molecular weight excluding hydrogens is 1010 g/mol. The van der Waals surface area contributed by atoms with Crippen LogP contribution in [-0.2, 0) is 28.6 Å². The smallest absolute Gasteiger partial charge is 0.306 e. The van der Waals surface area contributed by atoms with Crippen molar-refractivity contribution in [3.8, 4) is 0 Å². The van der Waals surface area contributed by atoms with Gasteiger partial charge in [0, 0.05) is 19.3 Å². The van der Waals surface area contributed by atoms with Crippen LogP contribution in [0.15, 0.2) is 134 Å². The summed E-state index contributed by atoms with van der Waals surface area (Å²) in [6.45, 7) is 6.45. The highest BCUT2D eigenvalue weighted by Gasteiger charge is 2.19. The highest BCUT2D eigenvalue weighted by molar-refractivity contribution is 5.71. The lowest BCUT2D eigenvalue weighted by atomic mass is 10.0. The van der Waals surface area contributed by atoms with Crippen molar-refractivity contribution in [1.82, 2.24) is 0 Å². The van der Waals surface area contributed by atoms with Gasteiger partial charge in [-0.2, -0.15) is 0 Å². The van der Waals surface area contributed by atoms with Crippen molar-refractivity contribution in [2.24, 2.45) is 0 Å². The third-order valence-corrected chi connectivity index (χ3v) is 14.4. The molecule has 0 aromatic heterocycles. The molecule has 1 unspecified atom stereocenters. The number of unbranched alkanes of at least 4 members (excludes halogenated alkanes) is 28. The van der Waals surface area contributed by atoms with Crippen molar-refractivity contribution in [2.45, 2.75) is 316 Å². The second-order valence-electron chi connectivity index (χ2n) is 22.3. The predicted molar refractivity (Wildman–Crippen MR) is 357 cm³/mol. The first kappa shape index (κ1) is 77.5. The SMILES string of the molecule is CC/C=C\C/C=C\C/C=C\C/C=C\C/C=C\C/C=C\CCC(=O)OC(COC(=O)CCCCCCCCC/C=C\C/C=C\CCCCCC)COC(=O)CCCCCCCCCCCCCC/C=C\C/C=C\C/C=C\CCCCCCC. The van der Waals surface area contributed by atoms with Crippen LogP contribution in [0, 0.1) is 0 Å². The van der Waals surface area contributed by atoms with Crippen molar-refractivity contribution in [3.63, 3.8) is 0 Å². The maximum Gasteiger partial charge on any atom is 0.306 e. The average Bonchev–Trinajstić information content (AvgIpc) is 3.47. The molecule has 0 fully saturated rings. The van der Waals surface area contributed by atoms with Crippen LogP contribution >= 0.6 is 0 Å². The van der Waals surface area contributed by atoms with Gasteiger partial charge in [0.25, 0.3) is 0 Å². The molecule has 0 aliphatic heterocycles. The normalized spacial score (nSPS) is 13.0. The second kappa shape index (κ2) is 69.0. The van der Waals surface area contributed by atoms with Crippen LogP contribution in [0.25, 0.3) is 0 Å². The van der Waals surface area contributed by atoms with E-state index in [0.29, 0.717) is 19.3 Å². The zero-order chi connectivity index (χ0) is 59.2. The molecule has 466 valence electrons. The van der Waals surface area contributed by atoms with Crippen LogP contribution in [0.1, 0.15) is 310 Å². The first-order valence-corrected chi connectivity index (χ1v) is 34.2. The number of carbonyl (C=O) groups is 3. The van der Waals surface area contributed by atoms with Crippen molar-refractivity contribution < 1.29 is 28.6 Å². The van der Waals surface area contributed by atoms with Gasteiger partial charge in [0.05, 0.1) is 0 Å². The van der Waals surface area contributed by atoms with E-state index in [9.17, 15) is 14.4 Å². The first-order valence-electron chi connectivity index (χ1n) is 34.2. The van der Waals surface area contributed by atoms with E-state index in [1.807, 2.05) is 6.08 Å². The van der Waals surface area contributed by atoms with Crippen molar-refractivity contribution in [1.29, 1.82) is 0 Å². The highest BCUT2D eigenvalue weighted by Crippen LogP contribution is 2.16. The topological polar surface area (TPSA) is 78.9 Å². The molecule has 0 radical (unpaired) electrons. The minimum atomic E-state index is -0.829. The van der Waals surface area contributed by atoms with E-state index < -0.39 is 12.1 Å². The van der Waals surface area contributed by atoms with Gasteiger partial charge in [-0.1, -0.05) is 296 Å². The van der Waals surface area contributed by atoms with Gasteiger partial charge in [0.1, 0.15) is 13.2 Å². The van der Waals surface area contributed by atoms with Gasteiger partial charge < -0.3 is 14.2 Å². The number of ether oxygens (including phenoxy) is 3. The molecule has 0 bridgehead atoms. The Labute approximate surface area is 506 Å². The van der Waals surface area contributed by atoms with E-state index in [-0.39, 0.29) is 31.6 Å². The Balaban J connectivity index is 4.45. The molecule has 6 nitrogen and oxygen atoms in total. The first-order chi connectivity index (χ1) is 40.5. The molecule has 6 heteroatoms. The van der Waals surface area contributed by atoms with Crippen LogP contribution < -0.4 is 0 Å². The number of esters is 3. The van der Waals surface area contributed by atoms with Gasteiger partial charge in [-0.3, -0.25) is 14.4 Å². The lowest BCUT2D eigenvalue weighted by Crippen LogP contribution is -2.30. The molecule has 0 saturated carbocycles. The van der Waals surface area contributed by atoms with Crippen LogP contribution in [0.2, 0.25) is 0 Å². The summed E-state index contributed by atoms with van der Waals surface area (Å²) in [6, 6.07) is 0. The number of allylic oxidation sites excluding steroid dienone is 22. The van der Waals surface area contributed by atoms with E-state index >= 15 is 0 Å². The summed E-state index contributed by atoms with van der Waals surface area (Å²) in [5.41, 5.74) is 0. The number of hydrogen-bond donors (Lipinski definition) is 0. The Hall–Kier alpha value is -4.45. The largest absolute Gasteiger partial charge is 0.462 e. The Bertz CT molecular complexity index is 1730. The van der Waals surface area contributed by atoms with Gasteiger partial charge in [0.2, 0.25) is 0 Å². The molecule has 0 aliphatic carbocycles. The van der Waals surface area contributed by atoms with Crippen molar-refractivity contribution >= 4 is 17.9 Å². The molecule has 1 atom stereocenters. The summed E-state index contributed by atoms with van der Waals surface area (Å²) in [6.07, 6.45) is 97.6. The number of hydrogen-bond acceptors (Lipinski definition) is 6. The van der Waals surface area contributed by atoms with E-state index in [0.717, 1.165) is 103 Å². The molecule has 0 aromatic carbocycles. The monoisotopic (exact) mass is 1130 g/mol. The number of carbonyl (C=O) groups excluding carboxylic acids is 3. The van der Waals surface area contributed by atoms with Gasteiger partial charge in [-0.15, -0.1) is 0 Å². The molecule has 0 aromatic rings. The Morgan fingerprint density at radius 2 is 0.500 bits per heavy atom. The summed E-state index contributed by atoms with van der Waals surface area (Å²) in [7, 11) is 0. The predicted octanol–water partition coefficient (Wildman–Crippen LogP) is 23.7. The maximum atomic E-state index is 12.9. The number of rotatable bonds is 61. The molecule has 0 rings (SSSR count). The Morgan fingerprint density at radius 1 is 0.256 bits per heavy atom. The molecule has 0 amide bonds. The summed E-state index contributed by atoms with van der Waals surface area (Å²) in [5.74, 6) is -1.00. The minimum Gasteiger partial charge on any atom is -0.462 e. The standard InChI is InChI=1S/C76H126O6/c1-4-7-10-13-16-19-22-25-28-31-34-35-36-37-38-39-40-41-43-45-48-51-54-57-60-63-66-69-75(78)81-72-73(71-80-74(77)68-65-62-59-56-53-50-47-44-33-30-27-24-21-18-15-12-9-6-3)82-76(79)70-67-64-61-58-55-52-49-46-42-32-29-26-23-20-17-14-11-8-5-2/h8,11,17,20-22,24-26,29-31,33-34,36-37,42,46,52,55,61,64,73H,4-7,9-10,12-16,18-19,23,27-28,32,35,38-41,43-45,47-51,53-54,56-60,62-63,65-72H2,1-3H3/b11-8-,20-17-,24-21-,25-22-,29-26-,33-30-,34-31-,37-36-,46-42-,55-52-,64-61-. The fourth-order valence-corrected chi connectivity index (χ4v) is 9.27. The van der Waals surface area contributed by atoms with Crippen molar-refractivity contribution in [2.75, 3.05) is 13.2 Å². The molecule has 0 aliphatic rings. The van der Waals surface area contributed by atoms with Gasteiger partial charge >= 0.3 is 17.9 Å². The minimum absolute atomic E-state index is 0.115. The van der Waals surface area contributed by atoms with E-state index in [1.165, 1.54) is 161 Å². The van der Waals surface area contributed by atoms with Gasteiger partial charge in [-0.05, 0) is 128 Å². The summed E-state index contributed by atoms with van der Waals surface area (Å²) in [4.78, 5) is 38.4. The molecule has 0 spiro atoms. The molecule has 0 heterocycles. The molecule has 82 heavy (non-hydrogen) atoms. The van der Waals surface area contributed by atoms with Crippen LogP contribution in [-0.4, -0.2) is 37.2 Å². The molecular formula is C76H126O6. The summed E-state index contributed by atoms with van der Waals surface area (Å²) >= 11 is 0. The van der Waals surface area contributed by atoms with Gasteiger partial charge in [0.15, 0.2) is 6.10 Å². The summed E-state index contributed by atoms with van der Waals surface area (Å²) in [5, 5.41) is 0. The average molecular weight is 1140 g/mol. The lowest BCUT2D eigenvalue weighted by molar-refractivity contribution is -0.166. The fourth-order valence-electron chi connectivity index (χ4n) is 9.27. The summed E-state index contributed by atoms with van der Waals surface area (Å²) < 4.78 is 16.9. The van der Waals surface area contributed by atoms with E-state index in [4.69, 9.17) is 14.2 Å². The second-order valence-corrected chi connectivity index (χ2v) is 22.3. The van der Waals surface area contributed by atoms with E-state index in [2.05, 4.69) is 148 Å². The molecule has 0 N–H and O–H groups in total. The van der Waals surface area contributed by atoms with E-state index in [1.54, 1.807) is 0 Å². The van der Waals surface area contributed by atoms with Crippen LogP contribution in [0.5, 0.6) is 0 Å². The lowest BCUT2D eigenvalue weighted by Gasteiger charge is -2.18. The van der Waals surface area contributed by atoms with Crippen LogP contribution in [0.4, 0.5) is 0 Å². The maximum absolute atomic E-state index is 12.9. The zero-order valence-corrected chi connectivity index (χ0v) is 53.5. The fraction of sp³-hybridized carbons (Fsp3) is 0.671. The third kappa shape index (κ3) is 66.4. The van der Waals surface area contributed by atoms with Crippen LogP contribution in [0.3, 0.4) is 0 Å². The Kier molecular flexibility index (Phi) is 65.3. The van der Waals surface area contributed by atoms with Crippen molar-refractivity contribution in [3.05, 3.63) is 134 Å². The van der Waals surface area contributed by atoms with Gasteiger partial charge in [-0.25, -0.2) is 0 Å².